The van der Waals surface area contributed by atoms with Gasteiger partial charge in [-0.25, -0.2) is 8.78 Å². The number of halogens is 3. The molecule has 1 aliphatic rings. The van der Waals surface area contributed by atoms with Crippen molar-refractivity contribution in [2.45, 2.75) is 36.0 Å². The molecule has 0 saturated carbocycles. The number of nitrogens with zero attached hydrogens (tertiary/aromatic N) is 1. The Balaban J connectivity index is 0.00000280. The molecule has 1 aliphatic heterocycles. The van der Waals surface area contributed by atoms with Gasteiger partial charge < -0.3 is 10.6 Å². The molecule has 2 unspecified atom stereocenters. The number of rotatable bonds is 5. The van der Waals surface area contributed by atoms with Crippen molar-refractivity contribution in [1.82, 2.24) is 4.90 Å². The Morgan fingerprint density at radius 2 is 1.79 bits per heavy atom. The van der Waals surface area contributed by atoms with Crippen LogP contribution in [0.25, 0.3) is 0 Å². The van der Waals surface area contributed by atoms with E-state index >= 15 is 0 Å². The lowest BCUT2D eigenvalue weighted by molar-refractivity contribution is -0.132. The van der Waals surface area contributed by atoms with Crippen LogP contribution < -0.4 is 5.73 Å². The molecule has 0 spiro atoms. The molecule has 3 nitrogen and oxygen atoms in total. The zero-order valence-corrected chi connectivity index (χ0v) is 17.3. The third-order valence-corrected chi connectivity index (χ3v) is 6.35. The van der Waals surface area contributed by atoms with E-state index in [-0.39, 0.29) is 29.3 Å². The van der Waals surface area contributed by atoms with Gasteiger partial charge in [0.25, 0.3) is 0 Å². The summed E-state index contributed by atoms with van der Waals surface area (Å²) in [6, 6.07) is 12.9. The first-order valence-corrected chi connectivity index (χ1v) is 10.0. The van der Waals surface area contributed by atoms with E-state index in [0.29, 0.717) is 19.0 Å². The summed E-state index contributed by atoms with van der Waals surface area (Å²) in [6.07, 6.45) is 1.75. The molecule has 0 radical (unpaired) electrons. The third kappa shape index (κ3) is 5.46. The lowest BCUT2D eigenvalue weighted by Gasteiger charge is -2.35. The lowest BCUT2D eigenvalue weighted by Crippen LogP contribution is -2.43. The van der Waals surface area contributed by atoms with Crippen LogP contribution in [0.15, 0.2) is 53.4 Å². The number of likely N-dealkylation sites (tertiary alicyclic amines) is 1. The smallest absolute Gasteiger partial charge is 0.240 e. The highest BCUT2D eigenvalue weighted by Crippen LogP contribution is 2.39. The zero-order chi connectivity index (χ0) is 19.4. The first-order valence-electron chi connectivity index (χ1n) is 9.16. The molecule has 0 bridgehead atoms. The van der Waals surface area contributed by atoms with Crippen molar-refractivity contribution in [3.05, 3.63) is 65.7 Å². The highest BCUT2D eigenvalue weighted by Gasteiger charge is 2.31. The van der Waals surface area contributed by atoms with E-state index in [9.17, 15) is 13.6 Å². The van der Waals surface area contributed by atoms with Crippen molar-refractivity contribution in [2.24, 2.45) is 11.7 Å². The Bertz CT molecular complexity index is 783. The van der Waals surface area contributed by atoms with E-state index in [1.54, 1.807) is 0 Å². The van der Waals surface area contributed by atoms with Crippen LogP contribution in [0, 0.1) is 17.6 Å². The van der Waals surface area contributed by atoms with Crippen molar-refractivity contribution in [1.29, 1.82) is 0 Å². The predicted molar refractivity (Wildman–Crippen MR) is 112 cm³/mol. The molecular weight excluding hydrogens is 402 g/mol. The van der Waals surface area contributed by atoms with Crippen molar-refractivity contribution in [2.75, 3.05) is 13.1 Å². The molecule has 0 aliphatic carbocycles. The Morgan fingerprint density at radius 3 is 2.36 bits per heavy atom. The summed E-state index contributed by atoms with van der Waals surface area (Å²) in [6.45, 7) is 3.31. The Kier molecular flexibility index (Phi) is 8.28. The largest absolute Gasteiger partial charge is 0.341 e. The van der Waals surface area contributed by atoms with Crippen LogP contribution >= 0.6 is 24.2 Å². The van der Waals surface area contributed by atoms with Gasteiger partial charge in [0.05, 0.1) is 0 Å². The van der Waals surface area contributed by atoms with Gasteiger partial charge in [-0.2, -0.15) is 0 Å². The van der Waals surface area contributed by atoms with E-state index in [1.807, 2.05) is 42.2 Å². The van der Waals surface area contributed by atoms with Gasteiger partial charge in [-0.1, -0.05) is 30.3 Å². The number of hydrogen-bond acceptors (Lipinski definition) is 3. The Morgan fingerprint density at radius 1 is 1.14 bits per heavy atom. The number of piperidine rings is 1. The van der Waals surface area contributed by atoms with Crippen molar-refractivity contribution in [3.63, 3.8) is 0 Å². The predicted octanol–water partition coefficient (Wildman–Crippen LogP) is 4.81. The summed E-state index contributed by atoms with van der Waals surface area (Å²) in [5, 5.41) is -0.571. The highest BCUT2D eigenvalue weighted by atomic mass is 35.5. The molecular formula is C21H25ClF2N2OS. The van der Waals surface area contributed by atoms with Crippen LogP contribution in [0.2, 0.25) is 0 Å². The standard InChI is InChI=1S/C21H24F2N2OS.ClH/c1-14(24)15-9-11-25(12-10-15)21(26)20(16-5-3-2-4-6-16)27-19-8-7-17(22)13-18(19)23;/h2-8,13-15,20H,9-12,24H2,1H3;1H. The average molecular weight is 427 g/mol. The number of carbonyl (C=O) groups excluding carboxylic acids is 1. The lowest BCUT2D eigenvalue weighted by atomic mass is 9.90. The first kappa shape index (κ1) is 22.7. The second-order valence-electron chi connectivity index (χ2n) is 7.01. The van der Waals surface area contributed by atoms with E-state index in [1.165, 1.54) is 12.1 Å². The van der Waals surface area contributed by atoms with Crippen LogP contribution in [-0.2, 0) is 4.79 Å². The summed E-state index contributed by atoms with van der Waals surface area (Å²) in [4.78, 5) is 15.3. The molecule has 7 heteroatoms. The minimum atomic E-state index is -0.649. The normalized spacial score (nSPS) is 16.9. The summed E-state index contributed by atoms with van der Waals surface area (Å²) in [7, 11) is 0. The van der Waals surface area contributed by atoms with Crippen molar-refractivity contribution < 1.29 is 13.6 Å². The van der Waals surface area contributed by atoms with Crippen LogP contribution in [-0.4, -0.2) is 29.9 Å². The number of nitrogens with two attached hydrogens (primary N) is 1. The summed E-state index contributed by atoms with van der Waals surface area (Å²) >= 11 is 1.13. The van der Waals surface area contributed by atoms with E-state index < -0.39 is 16.9 Å². The first-order chi connectivity index (χ1) is 13.0. The Labute approximate surface area is 175 Å². The molecule has 3 rings (SSSR count). The SMILES string of the molecule is CC(N)C1CCN(C(=O)C(Sc2ccc(F)cc2F)c2ccccc2)CC1.Cl. The minimum absolute atomic E-state index is 0. The fourth-order valence-corrected chi connectivity index (χ4v) is 4.51. The second-order valence-corrected chi connectivity index (χ2v) is 8.15. The molecule has 1 saturated heterocycles. The molecule has 28 heavy (non-hydrogen) atoms. The zero-order valence-electron chi connectivity index (χ0n) is 15.7. The summed E-state index contributed by atoms with van der Waals surface area (Å²) in [5.74, 6) is -0.897. The third-order valence-electron chi connectivity index (χ3n) is 5.06. The molecule has 2 N–H and O–H groups in total. The monoisotopic (exact) mass is 426 g/mol. The van der Waals surface area contributed by atoms with Gasteiger partial charge in [0.1, 0.15) is 16.9 Å². The number of amides is 1. The average Bonchev–Trinajstić information content (AvgIpc) is 2.67. The molecule has 2 aromatic carbocycles. The van der Waals surface area contributed by atoms with Gasteiger partial charge in [0, 0.05) is 30.1 Å². The number of carbonyl (C=O) groups is 1. The molecule has 1 fully saturated rings. The maximum atomic E-state index is 14.2. The maximum Gasteiger partial charge on any atom is 0.240 e. The van der Waals surface area contributed by atoms with Crippen molar-refractivity contribution >= 4 is 30.1 Å². The molecule has 2 atom stereocenters. The fourth-order valence-electron chi connectivity index (χ4n) is 3.40. The van der Waals surface area contributed by atoms with Crippen LogP contribution in [0.3, 0.4) is 0 Å². The fraction of sp³-hybridized carbons (Fsp3) is 0.381. The van der Waals surface area contributed by atoms with E-state index in [0.717, 1.165) is 36.2 Å². The van der Waals surface area contributed by atoms with Gasteiger partial charge in [-0.05, 0) is 43.4 Å². The molecule has 152 valence electrons. The van der Waals surface area contributed by atoms with Gasteiger partial charge in [0.2, 0.25) is 5.91 Å². The van der Waals surface area contributed by atoms with E-state index in [2.05, 4.69) is 0 Å². The number of benzene rings is 2. The van der Waals surface area contributed by atoms with Gasteiger partial charge in [0.15, 0.2) is 0 Å². The topological polar surface area (TPSA) is 46.3 Å². The summed E-state index contributed by atoms with van der Waals surface area (Å²) in [5.41, 5.74) is 6.80. The Hall–Kier alpha value is -1.63. The molecule has 2 aromatic rings. The molecule has 1 heterocycles. The van der Waals surface area contributed by atoms with Crippen molar-refractivity contribution in [3.8, 4) is 0 Å². The van der Waals surface area contributed by atoms with Crippen LogP contribution in [0.1, 0.15) is 30.6 Å². The van der Waals surface area contributed by atoms with Gasteiger partial charge >= 0.3 is 0 Å². The minimum Gasteiger partial charge on any atom is -0.341 e. The van der Waals surface area contributed by atoms with Crippen LogP contribution in [0.4, 0.5) is 8.78 Å². The highest BCUT2D eigenvalue weighted by molar-refractivity contribution is 8.00. The second kappa shape index (κ2) is 10.2. The quantitative estimate of drug-likeness (QED) is 0.698. The van der Waals surface area contributed by atoms with Gasteiger partial charge in [-0.15, -0.1) is 24.2 Å². The maximum absolute atomic E-state index is 14.2. The number of hydrogen-bond donors (Lipinski definition) is 1. The number of thioether (sulfide) groups is 1. The summed E-state index contributed by atoms with van der Waals surface area (Å²) < 4.78 is 27.4. The molecule has 1 amide bonds. The van der Waals surface area contributed by atoms with E-state index in [4.69, 9.17) is 5.73 Å². The molecule has 0 aromatic heterocycles. The van der Waals surface area contributed by atoms with Gasteiger partial charge in [-0.3, -0.25) is 4.79 Å². The van der Waals surface area contributed by atoms with Crippen LogP contribution in [0.5, 0.6) is 0 Å².